The maximum Gasteiger partial charge on any atom is 0.0685 e. The molecule has 88 valence electrons. The first-order valence-corrected chi connectivity index (χ1v) is 5.92. The van der Waals surface area contributed by atoms with Crippen LogP contribution in [0.4, 0.5) is 0 Å². The van der Waals surface area contributed by atoms with Crippen LogP contribution in [-0.4, -0.2) is 31.4 Å². The van der Waals surface area contributed by atoms with Crippen molar-refractivity contribution in [3.05, 3.63) is 0 Å². The zero-order chi connectivity index (χ0) is 10.8. The lowest BCUT2D eigenvalue weighted by atomic mass is 9.57. The molecule has 4 N–H and O–H groups in total. The molecule has 0 aromatic heterocycles. The summed E-state index contributed by atoms with van der Waals surface area (Å²) in [6.45, 7) is 2.86. The van der Waals surface area contributed by atoms with Crippen LogP contribution in [0.5, 0.6) is 0 Å². The van der Waals surface area contributed by atoms with Gasteiger partial charge in [0.25, 0.3) is 0 Å². The Labute approximate surface area is 91.1 Å². The fraction of sp³-hybridized carbons (Fsp3) is 1.00. The average molecular weight is 214 g/mol. The van der Waals surface area contributed by atoms with Crippen molar-refractivity contribution in [1.29, 1.82) is 0 Å². The standard InChI is InChI=1S/C11H22N2O2/c12-15-6-5-10-3-1-2-4-11(10,9-14)8-13-7-10/h13-14H,1-9,12H2. The van der Waals surface area contributed by atoms with Gasteiger partial charge in [-0.1, -0.05) is 12.8 Å². The first-order valence-electron chi connectivity index (χ1n) is 5.92. The molecule has 2 unspecified atom stereocenters. The number of aliphatic hydroxyl groups is 1. The van der Waals surface area contributed by atoms with Crippen LogP contribution in [0.25, 0.3) is 0 Å². The van der Waals surface area contributed by atoms with Crippen molar-refractivity contribution in [3.8, 4) is 0 Å². The van der Waals surface area contributed by atoms with Gasteiger partial charge in [-0.2, -0.15) is 0 Å². The van der Waals surface area contributed by atoms with Gasteiger partial charge in [-0.25, -0.2) is 5.90 Å². The average Bonchev–Trinajstić information content (AvgIpc) is 2.66. The third-order valence-electron chi connectivity index (χ3n) is 4.61. The first-order chi connectivity index (χ1) is 7.29. The number of nitrogens with one attached hydrogen (secondary N) is 1. The van der Waals surface area contributed by atoms with Gasteiger partial charge in [-0.05, 0) is 24.7 Å². The zero-order valence-electron chi connectivity index (χ0n) is 9.30. The van der Waals surface area contributed by atoms with Gasteiger partial charge in [0, 0.05) is 18.5 Å². The SMILES string of the molecule is NOCCC12CCCCC1(CO)CNC2. The molecule has 4 heteroatoms. The Kier molecular flexibility index (Phi) is 3.30. The van der Waals surface area contributed by atoms with Gasteiger partial charge in [0.15, 0.2) is 0 Å². The van der Waals surface area contributed by atoms with Gasteiger partial charge in [-0.15, -0.1) is 0 Å². The van der Waals surface area contributed by atoms with Gasteiger partial charge in [0.2, 0.25) is 0 Å². The summed E-state index contributed by atoms with van der Waals surface area (Å²) in [6.07, 6.45) is 5.82. The lowest BCUT2D eigenvalue weighted by Gasteiger charge is -2.48. The molecule has 2 fully saturated rings. The molecule has 15 heavy (non-hydrogen) atoms. The number of nitrogens with two attached hydrogens (primary N) is 1. The van der Waals surface area contributed by atoms with Crippen LogP contribution in [-0.2, 0) is 4.84 Å². The predicted molar refractivity (Wildman–Crippen MR) is 58.0 cm³/mol. The smallest absolute Gasteiger partial charge is 0.0685 e. The van der Waals surface area contributed by atoms with Gasteiger partial charge >= 0.3 is 0 Å². The molecular weight excluding hydrogens is 192 g/mol. The van der Waals surface area contributed by atoms with Crippen molar-refractivity contribution >= 4 is 0 Å². The van der Waals surface area contributed by atoms with E-state index in [1.165, 1.54) is 19.3 Å². The van der Waals surface area contributed by atoms with E-state index >= 15 is 0 Å². The van der Waals surface area contributed by atoms with E-state index in [0.29, 0.717) is 13.2 Å². The summed E-state index contributed by atoms with van der Waals surface area (Å²) in [5, 5.41) is 13.2. The minimum Gasteiger partial charge on any atom is -0.396 e. The Hall–Kier alpha value is -0.160. The van der Waals surface area contributed by atoms with Crippen LogP contribution in [0, 0.1) is 10.8 Å². The van der Waals surface area contributed by atoms with Gasteiger partial charge < -0.3 is 15.3 Å². The second kappa shape index (κ2) is 4.37. The van der Waals surface area contributed by atoms with E-state index in [-0.39, 0.29) is 10.8 Å². The summed E-state index contributed by atoms with van der Waals surface area (Å²) >= 11 is 0. The quantitative estimate of drug-likeness (QED) is 0.593. The van der Waals surface area contributed by atoms with Gasteiger partial charge in [-0.3, -0.25) is 0 Å². The molecule has 1 heterocycles. The van der Waals surface area contributed by atoms with Crippen molar-refractivity contribution in [2.24, 2.45) is 16.7 Å². The maximum absolute atomic E-state index is 9.70. The second-order valence-electron chi connectivity index (χ2n) is 5.15. The third-order valence-corrected chi connectivity index (χ3v) is 4.61. The zero-order valence-corrected chi connectivity index (χ0v) is 9.30. The Bertz CT molecular complexity index is 225. The molecule has 1 saturated heterocycles. The van der Waals surface area contributed by atoms with E-state index in [9.17, 15) is 5.11 Å². The minimum absolute atomic E-state index is 0.0871. The first kappa shape index (κ1) is 11.3. The Morgan fingerprint density at radius 2 is 1.87 bits per heavy atom. The minimum atomic E-state index is 0.0871. The lowest BCUT2D eigenvalue weighted by molar-refractivity contribution is -0.0373. The normalized spacial score (nSPS) is 40.4. The highest BCUT2D eigenvalue weighted by Gasteiger charge is 2.54. The van der Waals surface area contributed by atoms with E-state index in [1.54, 1.807) is 0 Å². The fourth-order valence-corrected chi connectivity index (χ4v) is 3.59. The molecule has 0 bridgehead atoms. The molecule has 1 aliphatic heterocycles. The predicted octanol–water partition coefficient (Wildman–Crippen LogP) is 0.409. The van der Waals surface area contributed by atoms with E-state index in [4.69, 9.17) is 10.7 Å². The van der Waals surface area contributed by atoms with Crippen LogP contribution < -0.4 is 11.2 Å². The van der Waals surface area contributed by atoms with E-state index < -0.39 is 0 Å². The molecule has 0 aromatic carbocycles. The van der Waals surface area contributed by atoms with Gasteiger partial charge in [0.05, 0.1) is 13.2 Å². The second-order valence-corrected chi connectivity index (χ2v) is 5.15. The summed E-state index contributed by atoms with van der Waals surface area (Å²) in [5.74, 6) is 5.13. The molecule has 1 saturated carbocycles. The maximum atomic E-state index is 9.70. The van der Waals surface area contributed by atoms with Gasteiger partial charge in [0.1, 0.15) is 0 Å². The van der Waals surface area contributed by atoms with Crippen molar-refractivity contribution in [1.82, 2.24) is 5.32 Å². The number of fused-ring (bicyclic) bond motifs is 1. The highest BCUT2D eigenvalue weighted by Crippen LogP contribution is 2.54. The summed E-state index contributed by atoms with van der Waals surface area (Å²) in [7, 11) is 0. The molecule has 0 radical (unpaired) electrons. The Morgan fingerprint density at radius 3 is 2.53 bits per heavy atom. The largest absolute Gasteiger partial charge is 0.396 e. The molecular formula is C11H22N2O2. The Balaban J connectivity index is 2.16. The topological polar surface area (TPSA) is 67.5 Å². The van der Waals surface area contributed by atoms with Crippen LogP contribution >= 0.6 is 0 Å². The van der Waals surface area contributed by atoms with E-state index in [0.717, 1.165) is 25.9 Å². The number of hydrogen-bond acceptors (Lipinski definition) is 4. The molecule has 2 aliphatic rings. The fourth-order valence-electron chi connectivity index (χ4n) is 3.59. The highest BCUT2D eigenvalue weighted by atomic mass is 16.6. The number of aliphatic hydroxyl groups excluding tert-OH is 1. The monoisotopic (exact) mass is 214 g/mol. The molecule has 0 amide bonds. The summed E-state index contributed by atoms with van der Waals surface area (Å²) in [4.78, 5) is 4.73. The Morgan fingerprint density at radius 1 is 1.20 bits per heavy atom. The van der Waals surface area contributed by atoms with Crippen LogP contribution in [0.15, 0.2) is 0 Å². The van der Waals surface area contributed by atoms with Crippen molar-refractivity contribution in [2.45, 2.75) is 32.1 Å². The van der Waals surface area contributed by atoms with Crippen molar-refractivity contribution < 1.29 is 9.94 Å². The molecule has 2 atom stereocenters. The highest BCUT2D eigenvalue weighted by molar-refractivity contribution is 5.07. The number of hydrogen-bond donors (Lipinski definition) is 3. The third kappa shape index (κ3) is 1.69. The van der Waals surface area contributed by atoms with Crippen LogP contribution in [0.2, 0.25) is 0 Å². The van der Waals surface area contributed by atoms with E-state index in [2.05, 4.69) is 5.32 Å². The molecule has 2 rings (SSSR count). The van der Waals surface area contributed by atoms with E-state index in [1.807, 2.05) is 0 Å². The summed E-state index contributed by atoms with van der Waals surface area (Å²) < 4.78 is 0. The van der Waals surface area contributed by atoms with Crippen molar-refractivity contribution in [3.63, 3.8) is 0 Å². The molecule has 0 spiro atoms. The van der Waals surface area contributed by atoms with Crippen molar-refractivity contribution in [2.75, 3.05) is 26.3 Å². The summed E-state index contributed by atoms with van der Waals surface area (Å²) in [5.41, 5.74) is 0.309. The molecule has 4 nitrogen and oxygen atoms in total. The van der Waals surface area contributed by atoms with Crippen LogP contribution in [0.3, 0.4) is 0 Å². The molecule has 0 aromatic rings. The van der Waals surface area contributed by atoms with Crippen LogP contribution in [0.1, 0.15) is 32.1 Å². The number of rotatable bonds is 4. The lowest BCUT2D eigenvalue weighted by Crippen LogP contribution is -2.47. The summed E-state index contributed by atoms with van der Waals surface area (Å²) in [6, 6.07) is 0. The molecule has 1 aliphatic carbocycles.